The van der Waals surface area contributed by atoms with Crippen LogP contribution in [0.3, 0.4) is 0 Å². The second-order valence-corrected chi connectivity index (χ2v) is 10.4. The van der Waals surface area contributed by atoms with Crippen LogP contribution in [0.25, 0.3) is 11.3 Å². The summed E-state index contributed by atoms with van der Waals surface area (Å²) in [7, 11) is 1.88. The minimum atomic E-state index is -0.281. The van der Waals surface area contributed by atoms with E-state index >= 15 is 0 Å². The van der Waals surface area contributed by atoms with Gasteiger partial charge < -0.3 is 14.6 Å². The molecule has 2 aromatic heterocycles. The van der Waals surface area contributed by atoms with Crippen molar-refractivity contribution in [1.29, 1.82) is 0 Å². The minimum Gasteiger partial charge on any atom is -0.483 e. The SMILES string of the molecule is Cc1ccc(-c2csc(NC(=O)CSc3nnc(C(C)Oc4ccc(C(C)C)cc4)n3C)n2)cc1. The number of nitrogens with zero attached hydrogens (tertiary/aromatic N) is 4. The number of thiazole rings is 1. The molecule has 1 amide bonds. The molecule has 1 N–H and O–H groups in total. The van der Waals surface area contributed by atoms with E-state index in [0.29, 0.717) is 22.0 Å². The van der Waals surface area contributed by atoms with Crippen LogP contribution in [0.2, 0.25) is 0 Å². The lowest BCUT2D eigenvalue weighted by atomic mass is 10.0. The molecule has 2 heterocycles. The summed E-state index contributed by atoms with van der Waals surface area (Å²) in [6.45, 7) is 8.32. The fourth-order valence-electron chi connectivity index (χ4n) is 3.47. The van der Waals surface area contributed by atoms with Crippen LogP contribution in [-0.4, -0.2) is 31.4 Å². The van der Waals surface area contributed by atoms with E-state index in [2.05, 4.69) is 46.5 Å². The molecule has 0 bridgehead atoms. The van der Waals surface area contributed by atoms with Crippen molar-refractivity contribution in [3.05, 3.63) is 70.9 Å². The van der Waals surface area contributed by atoms with Crippen molar-refractivity contribution in [3.8, 4) is 17.0 Å². The molecule has 35 heavy (non-hydrogen) atoms. The fourth-order valence-corrected chi connectivity index (χ4v) is 4.92. The zero-order valence-corrected chi connectivity index (χ0v) is 22.1. The average Bonchev–Trinajstić information content (AvgIpc) is 3.45. The van der Waals surface area contributed by atoms with Crippen LogP contribution in [0.4, 0.5) is 5.13 Å². The first-order valence-corrected chi connectivity index (χ1v) is 13.3. The molecule has 4 rings (SSSR count). The predicted molar refractivity (Wildman–Crippen MR) is 142 cm³/mol. The number of aromatic nitrogens is 4. The highest BCUT2D eigenvalue weighted by molar-refractivity contribution is 7.99. The van der Waals surface area contributed by atoms with Gasteiger partial charge >= 0.3 is 0 Å². The van der Waals surface area contributed by atoms with Gasteiger partial charge in [0.25, 0.3) is 0 Å². The van der Waals surface area contributed by atoms with Crippen LogP contribution in [0.5, 0.6) is 5.75 Å². The van der Waals surface area contributed by atoms with E-state index in [1.165, 1.54) is 34.2 Å². The van der Waals surface area contributed by atoms with Crippen molar-refractivity contribution >= 4 is 34.1 Å². The van der Waals surface area contributed by atoms with Crippen molar-refractivity contribution in [2.75, 3.05) is 11.1 Å². The number of hydrogen-bond acceptors (Lipinski definition) is 7. The van der Waals surface area contributed by atoms with Gasteiger partial charge in [-0.3, -0.25) is 4.79 Å². The Hall–Kier alpha value is -3.17. The first-order chi connectivity index (χ1) is 16.8. The van der Waals surface area contributed by atoms with Gasteiger partial charge in [-0.15, -0.1) is 21.5 Å². The van der Waals surface area contributed by atoms with E-state index in [9.17, 15) is 4.79 Å². The topological polar surface area (TPSA) is 81.9 Å². The maximum absolute atomic E-state index is 12.5. The Kier molecular flexibility index (Phi) is 7.87. The number of hydrogen-bond donors (Lipinski definition) is 1. The molecule has 4 aromatic rings. The lowest BCUT2D eigenvalue weighted by Gasteiger charge is -2.15. The summed E-state index contributed by atoms with van der Waals surface area (Å²) in [6.07, 6.45) is -0.281. The van der Waals surface area contributed by atoms with Gasteiger partial charge in [0.2, 0.25) is 5.91 Å². The van der Waals surface area contributed by atoms with Gasteiger partial charge in [-0.2, -0.15) is 0 Å². The zero-order chi connectivity index (χ0) is 24.9. The Bertz CT molecular complexity index is 1280. The maximum Gasteiger partial charge on any atom is 0.236 e. The fraction of sp³-hybridized carbons (Fsp3) is 0.308. The first kappa shape index (κ1) is 24.9. The van der Waals surface area contributed by atoms with Gasteiger partial charge in [0.05, 0.1) is 11.4 Å². The predicted octanol–water partition coefficient (Wildman–Crippen LogP) is 6.24. The van der Waals surface area contributed by atoms with Crippen molar-refractivity contribution in [2.45, 2.75) is 44.9 Å². The Labute approximate surface area is 214 Å². The number of ether oxygens (including phenoxy) is 1. The molecule has 9 heteroatoms. The third-order valence-electron chi connectivity index (χ3n) is 5.52. The Morgan fingerprint density at radius 3 is 2.49 bits per heavy atom. The third-order valence-corrected chi connectivity index (χ3v) is 7.30. The maximum atomic E-state index is 12.5. The van der Waals surface area contributed by atoms with Gasteiger partial charge in [-0.1, -0.05) is 67.6 Å². The van der Waals surface area contributed by atoms with Crippen molar-refractivity contribution in [2.24, 2.45) is 7.05 Å². The molecule has 0 aliphatic carbocycles. The Morgan fingerprint density at radius 1 is 1.09 bits per heavy atom. The number of amides is 1. The lowest BCUT2D eigenvalue weighted by molar-refractivity contribution is -0.113. The summed E-state index contributed by atoms with van der Waals surface area (Å²) < 4.78 is 7.93. The summed E-state index contributed by atoms with van der Waals surface area (Å²) in [5.41, 5.74) is 4.34. The smallest absolute Gasteiger partial charge is 0.236 e. The van der Waals surface area contributed by atoms with Crippen LogP contribution in [0.1, 0.15) is 49.7 Å². The molecule has 0 spiro atoms. The van der Waals surface area contributed by atoms with E-state index in [-0.39, 0.29) is 17.8 Å². The number of aryl methyl sites for hydroxylation is 1. The van der Waals surface area contributed by atoms with Crippen molar-refractivity contribution in [1.82, 2.24) is 19.7 Å². The molecule has 2 aromatic carbocycles. The Morgan fingerprint density at radius 2 is 1.80 bits per heavy atom. The van der Waals surface area contributed by atoms with Crippen LogP contribution >= 0.6 is 23.1 Å². The second-order valence-electron chi connectivity index (χ2n) is 8.62. The molecular weight excluding hydrogens is 478 g/mol. The summed E-state index contributed by atoms with van der Waals surface area (Å²) in [6, 6.07) is 16.3. The summed E-state index contributed by atoms with van der Waals surface area (Å²) >= 11 is 2.74. The van der Waals surface area contributed by atoms with Crippen molar-refractivity contribution < 1.29 is 9.53 Å². The quantitative estimate of drug-likeness (QED) is 0.270. The monoisotopic (exact) mass is 507 g/mol. The van der Waals surface area contributed by atoms with E-state index in [0.717, 1.165) is 17.0 Å². The summed E-state index contributed by atoms with van der Waals surface area (Å²) in [5.74, 6) is 2.02. The molecule has 1 atom stereocenters. The standard InChI is InChI=1S/C26H29N5O2S2/c1-16(2)19-10-12-21(13-11-19)33-18(4)24-29-30-26(31(24)5)35-15-23(32)28-25-27-22(14-34-25)20-8-6-17(3)7-9-20/h6-14,16,18H,15H2,1-5H3,(H,27,28,32). The highest BCUT2D eigenvalue weighted by Crippen LogP contribution is 2.27. The second kappa shape index (κ2) is 11.0. The molecule has 0 aliphatic rings. The van der Waals surface area contributed by atoms with E-state index < -0.39 is 0 Å². The van der Waals surface area contributed by atoms with Crippen LogP contribution in [-0.2, 0) is 11.8 Å². The third kappa shape index (κ3) is 6.29. The molecular formula is C26H29N5O2S2. The zero-order valence-electron chi connectivity index (χ0n) is 20.5. The average molecular weight is 508 g/mol. The largest absolute Gasteiger partial charge is 0.483 e. The highest BCUT2D eigenvalue weighted by atomic mass is 32.2. The molecule has 0 radical (unpaired) electrons. The molecule has 0 aliphatic heterocycles. The number of anilines is 1. The number of benzene rings is 2. The van der Waals surface area contributed by atoms with Gasteiger partial charge in [0.1, 0.15) is 5.75 Å². The number of carbonyl (C=O) groups is 1. The van der Waals surface area contributed by atoms with Crippen LogP contribution in [0.15, 0.2) is 59.1 Å². The summed E-state index contributed by atoms with van der Waals surface area (Å²) in [5, 5.41) is 14.6. The molecule has 0 fully saturated rings. The van der Waals surface area contributed by atoms with E-state index in [1.54, 1.807) is 0 Å². The van der Waals surface area contributed by atoms with Gasteiger partial charge in [0.15, 0.2) is 22.2 Å². The van der Waals surface area contributed by atoms with Gasteiger partial charge in [0, 0.05) is 18.0 Å². The molecule has 1 unspecified atom stereocenters. The minimum absolute atomic E-state index is 0.140. The van der Waals surface area contributed by atoms with Gasteiger partial charge in [-0.05, 0) is 37.5 Å². The van der Waals surface area contributed by atoms with E-state index in [4.69, 9.17) is 4.74 Å². The molecule has 0 saturated carbocycles. The molecule has 182 valence electrons. The van der Waals surface area contributed by atoms with Crippen LogP contribution < -0.4 is 10.1 Å². The number of carbonyl (C=O) groups excluding carboxylic acids is 1. The number of rotatable bonds is 9. The van der Waals surface area contributed by atoms with E-state index in [1.807, 2.05) is 67.2 Å². The lowest BCUT2D eigenvalue weighted by Crippen LogP contribution is -2.14. The Balaban J connectivity index is 1.31. The summed E-state index contributed by atoms with van der Waals surface area (Å²) in [4.78, 5) is 17.0. The highest BCUT2D eigenvalue weighted by Gasteiger charge is 2.18. The normalized spacial score (nSPS) is 12.1. The van der Waals surface area contributed by atoms with Crippen LogP contribution in [0, 0.1) is 6.92 Å². The first-order valence-electron chi connectivity index (χ1n) is 11.4. The number of nitrogens with one attached hydrogen (secondary N) is 1. The number of thioether (sulfide) groups is 1. The molecule has 7 nitrogen and oxygen atoms in total. The van der Waals surface area contributed by atoms with Crippen molar-refractivity contribution in [3.63, 3.8) is 0 Å². The van der Waals surface area contributed by atoms with Gasteiger partial charge in [-0.25, -0.2) is 4.98 Å². The molecule has 0 saturated heterocycles.